The van der Waals surface area contributed by atoms with Crippen LogP contribution in [-0.2, 0) is 11.4 Å². The molecule has 21 heavy (non-hydrogen) atoms. The minimum atomic E-state index is -1.31. The minimum Gasteiger partial charge on any atom is -0.598 e. The van der Waals surface area contributed by atoms with E-state index in [2.05, 4.69) is 4.72 Å². The molecule has 1 amide bonds. The maximum Gasteiger partial charge on any atom is 0.407 e. The van der Waals surface area contributed by atoms with E-state index in [4.69, 9.17) is 5.11 Å². The van der Waals surface area contributed by atoms with Gasteiger partial charge in [0.1, 0.15) is 10.9 Å². The largest absolute Gasteiger partial charge is 0.598 e. The van der Waals surface area contributed by atoms with Crippen molar-refractivity contribution in [3.8, 4) is 0 Å². The molecular formula is C14H25FN2O3S. The minimum absolute atomic E-state index is 0.258. The van der Waals surface area contributed by atoms with Crippen molar-refractivity contribution in [3.63, 3.8) is 0 Å². The zero-order valence-corrected chi connectivity index (χ0v) is 13.7. The summed E-state index contributed by atoms with van der Waals surface area (Å²) in [5.41, 5.74) is -0.258. The number of nitrogens with one attached hydrogen (secondary N) is 1. The predicted octanol–water partition coefficient (Wildman–Crippen LogP) is 2.30. The molecule has 2 unspecified atom stereocenters. The molecule has 1 saturated carbocycles. The van der Waals surface area contributed by atoms with Gasteiger partial charge >= 0.3 is 6.09 Å². The number of hydrogen-bond acceptors (Lipinski definition) is 3. The van der Waals surface area contributed by atoms with Gasteiger partial charge in [-0.3, -0.25) is 0 Å². The Morgan fingerprint density at radius 3 is 2.43 bits per heavy atom. The van der Waals surface area contributed by atoms with E-state index < -0.39 is 34.4 Å². The quantitative estimate of drug-likeness (QED) is 0.766. The highest BCUT2D eigenvalue weighted by Gasteiger charge is 2.53. The third-order valence-corrected chi connectivity index (χ3v) is 6.34. The Kier molecular flexibility index (Phi) is 4.75. The van der Waals surface area contributed by atoms with Gasteiger partial charge in [-0.15, -0.1) is 4.72 Å². The van der Waals surface area contributed by atoms with Crippen LogP contribution in [0, 0.1) is 5.41 Å². The van der Waals surface area contributed by atoms with E-state index in [1.165, 1.54) is 4.90 Å². The van der Waals surface area contributed by atoms with Crippen LogP contribution in [0.3, 0.4) is 0 Å². The van der Waals surface area contributed by atoms with Gasteiger partial charge in [0.25, 0.3) is 0 Å². The summed E-state index contributed by atoms with van der Waals surface area (Å²) in [6.45, 7) is 6.44. The van der Waals surface area contributed by atoms with Crippen molar-refractivity contribution >= 4 is 17.5 Å². The Hall–Kier alpha value is -0.530. The number of halogens is 1. The van der Waals surface area contributed by atoms with Gasteiger partial charge in [0, 0.05) is 24.5 Å². The van der Waals surface area contributed by atoms with Gasteiger partial charge in [-0.1, -0.05) is 0 Å². The van der Waals surface area contributed by atoms with Crippen molar-refractivity contribution in [1.29, 1.82) is 0 Å². The van der Waals surface area contributed by atoms with E-state index in [9.17, 15) is 13.7 Å². The van der Waals surface area contributed by atoms with E-state index in [0.29, 0.717) is 32.4 Å². The maximum absolute atomic E-state index is 14.3. The molecule has 0 radical (unpaired) electrons. The highest BCUT2D eigenvalue weighted by Crippen LogP contribution is 2.48. The fraction of sp³-hybridized carbons (Fsp3) is 0.929. The topological polar surface area (TPSA) is 75.6 Å². The molecule has 122 valence electrons. The summed E-state index contributed by atoms with van der Waals surface area (Å²) in [6.07, 6.45) is 0.555. The van der Waals surface area contributed by atoms with Crippen molar-refractivity contribution in [1.82, 2.24) is 9.62 Å². The molecule has 1 aliphatic carbocycles. The number of carboxylic acid groups (broad SMARTS) is 1. The Labute approximate surface area is 128 Å². The highest BCUT2D eigenvalue weighted by atomic mass is 32.2. The molecular weight excluding hydrogens is 295 g/mol. The lowest BCUT2D eigenvalue weighted by atomic mass is 9.74. The predicted molar refractivity (Wildman–Crippen MR) is 80.2 cm³/mol. The Balaban J connectivity index is 2.07. The fourth-order valence-electron chi connectivity index (χ4n) is 3.33. The van der Waals surface area contributed by atoms with Gasteiger partial charge < -0.3 is 14.6 Å². The molecule has 1 heterocycles. The summed E-state index contributed by atoms with van der Waals surface area (Å²) in [6, 6.07) is -0.437. The smallest absolute Gasteiger partial charge is 0.407 e. The Morgan fingerprint density at radius 2 is 1.95 bits per heavy atom. The molecule has 2 N–H and O–H groups in total. The number of amides is 1. The number of rotatable bonds is 2. The van der Waals surface area contributed by atoms with Crippen LogP contribution in [0.1, 0.15) is 46.5 Å². The monoisotopic (exact) mass is 320 g/mol. The second-order valence-electron chi connectivity index (χ2n) is 7.16. The standard InChI is InChI=1S/C14H25FN2O3S/c1-13(2,3)21(20)16-11-10(15)4-5-14(11)6-8-17(9-7-14)12(18)19/h10-11,16H,4-9H2,1-3H3,(H,18,19)/t10?,11?,21-/m1/s1. The molecule has 2 fully saturated rings. The number of piperidine rings is 1. The van der Waals surface area contributed by atoms with Crippen molar-refractivity contribution in [2.45, 2.75) is 63.4 Å². The van der Waals surface area contributed by atoms with Crippen LogP contribution < -0.4 is 4.72 Å². The van der Waals surface area contributed by atoms with E-state index in [-0.39, 0.29) is 5.41 Å². The molecule has 3 atom stereocenters. The van der Waals surface area contributed by atoms with Gasteiger partial charge in [-0.2, -0.15) is 0 Å². The second-order valence-corrected chi connectivity index (χ2v) is 9.16. The summed E-state index contributed by atoms with van der Waals surface area (Å²) in [7, 11) is 0. The van der Waals surface area contributed by atoms with Crippen LogP contribution in [0.4, 0.5) is 9.18 Å². The van der Waals surface area contributed by atoms with Crippen molar-refractivity contribution in [2.75, 3.05) is 13.1 Å². The highest BCUT2D eigenvalue weighted by molar-refractivity contribution is 7.90. The van der Waals surface area contributed by atoms with Crippen molar-refractivity contribution < 1.29 is 18.8 Å². The Morgan fingerprint density at radius 1 is 1.38 bits per heavy atom. The molecule has 1 saturated heterocycles. The second kappa shape index (κ2) is 5.93. The average molecular weight is 320 g/mol. The van der Waals surface area contributed by atoms with Crippen LogP contribution in [0.15, 0.2) is 0 Å². The SMILES string of the molecule is CC(C)(C)[S@@+]([O-])NC1C(F)CCC12CCN(C(=O)O)CC2. The summed E-state index contributed by atoms with van der Waals surface area (Å²) in [4.78, 5) is 12.4. The number of likely N-dealkylation sites (tertiary alicyclic amines) is 1. The molecule has 5 nitrogen and oxygen atoms in total. The first-order valence-electron chi connectivity index (χ1n) is 7.46. The van der Waals surface area contributed by atoms with Gasteiger partial charge in [0.05, 0.1) is 6.04 Å². The van der Waals surface area contributed by atoms with Crippen LogP contribution >= 0.6 is 0 Å². The van der Waals surface area contributed by atoms with Crippen LogP contribution in [0.25, 0.3) is 0 Å². The van der Waals surface area contributed by atoms with Crippen molar-refractivity contribution in [2.24, 2.45) is 5.41 Å². The molecule has 0 aromatic carbocycles. The first-order valence-corrected chi connectivity index (χ1v) is 8.61. The van der Waals surface area contributed by atoms with Gasteiger partial charge in [0.15, 0.2) is 0 Å². The zero-order chi connectivity index (χ0) is 15.8. The van der Waals surface area contributed by atoms with Gasteiger partial charge in [0.2, 0.25) is 0 Å². The first-order chi connectivity index (χ1) is 9.66. The van der Waals surface area contributed by atoms with Gasteiger partial charge in [-0.25, -0.2) is 9.18 Å². The van der Waals surface area contributed by atoms with Crippen LogP contribution in [0.2, 0.25) is 0 Å². The average Bonchev–Trinajstić information content (AvgIpc) is 2.68. The molecule has 2 rings (SSSR count). The molecule has 1 aliphatic heterocycles. The third kappa shape index (κ3) is 3.46. The number of nitrogens with zero attached hydrogens (tertiary/aromatic N) is 1. The maximum atomic E-state index is 14.3. The zero-order valence-electron chi connectivity index (χ0n) is 12.9. The van der Waals surface area contributed by atoms with E-state index in [1.54, 1.807) is 0 Å². The molecule has 0 bridgehead atoms. The first kappa shape index (κ1) is 16.8. The lowest BCUT2D eigenvalue weighted by molar-refractivity contribution is 0.0728. The molecule has 2 aliphatic rings. The number of hydrogen-bond donors (Lipinski definition) is 2. The summed E-state index contributed by atoms with van der Waals surface area (Å²) >= 11 is -1.31. The Bertz CT molecular complexity index is 394. The summed E-state index contributed by atoms with van der Waals surface area (Å²) < 4.78 is 29.2. The number of carbonyl (C=O) groups is 1. The normalized spacial score (nSPS) is 30.6. The third-order valence-electron chi connectivity index (χ3n) is 4.76. The molecule has 1 spiro atoms. The number of alkyl halides is 1. The van der Waals surface area contributed by atoms with Crippen molar-refractivity contribution in [3.05, 3.63) is 0 Å². The molecule has 0 aromatic rings. The van der Waals surface area contributed by atoms with E-state index >= 15 is 0 Å². The lowest BCUT2D eigenvalue weighted by Gasteiger charge is -2.43. The molecule has 7 heteroatoms. The summed E-state index contributed by atoms with van der Waals surface area (Å²) in [5.74, 6) is 0. The summed E-state index contributed by atoms with van der Waals surface area (Å²) in [5, 5.41) is 9.03. The molecule has 0 aromatic heterocycles. The fourth-order valence-corrected chi connectivity index (χ4v) is 4.31. The van der Waals surface area contributed by atoms with E-state index in [1.807, 2.05) is 20.8 Å². The lowest BCUT2D eigenvalue weighted by Crippen LogP contribution is -2.56. The van der Waals surface area contributed by atoms with Crippen LogP contribution in [-0.4, -0.2) is 50.7 Å². The van der Waals surface area contributed by atoms with Crippen LogP contribution in [0.5, 0.6) is 0 Å². The van der Waals surface area contributed by atoms with Gasteiger partial charge in [-0.05, 0) is 51.9 Å². The van der Waals surface area contributed by atoms with E-state index in [0.717, 1.165) is 6.42 Å².